The summed E-state index contributed by atoms with van der Waals surface area (Å²) in [5.41, 5.74) is 8.34. The van der Waals surface area contributed by atoms with Gasteiger partial charge in [-0.2, -0.15) is 5.48 Å². The van der Waals surface area contributed by atoms with Gasteiger partial charge in [-0.15, -0.1) is 11.3 Å². The highest BCUT2D eigenvalue weighted by Gasteiger charge is 1.98. The topological polar surface area (TPSA) is 77.2 Å². The molecule has 1 amide bonds. The predicted octanol–water partition coefficient (Wildman–Crippen LogP) is -0.0420. The van der Waals surface area contributed by atoms with Gasteiger partial charge >= 0.3 is 0 Å². The van der Waals surface area contributed by atoms with Crippen molar-refractivity contribution in [3.05, 3.63) is 16.1 Å². The molecule has 0 unspecified atom stereocenters. The number of amides is 1. The van der Waals surface area contributed by atoms with Crippen LogP contribution < -0.4 is 11.2 Å². The Morgan fingerprint density at radius 2 is 2.62 bits per heavy atom. The second-order valence-electron chi connectivity index (χ2n) is 2.43. The zero-order valence-electron chi connectivity index (χ0n) is 7.24. The highest BCUT2D eigenvalue weighted by atomic mass is 32.1. The number of nitrogens with one attached hydrogen (secondary N) is 1. The third-order valence-electron chi connectivity index (χ3n) is 1.24. The summed E-state index contributed by atoms with van der Waals surface area (Å²) in [6.45, 7) is 2.29. The van der Waals surface area contributed by atoms with Crippen molar-refractivity contribution in [1.29, 1.82) is 0 Å². The molecule has 0 radical (unpaired) electrons. The number of hydroxylamine groups is 1. The lowest BCUT2D eigenvalue weighted by atomic mass is 10.5. The smallest absolute Gasteiger partial charge is 0.245 e. The van der Waals surface area contributed by atoms with E-state index >= 15 is 0 Å². The van der Waals surface area contributed by atoms with E-state index in [1.54, 1.807) is 11.3 Å². The first-order valence-corrected chi connectivity index (χ1v) is 4.60. The maximum atomic E-state index is 10.3. The number of aryl methyl sites for hydroxylation is 1. The summed E-state index contributed by atoms with van der Waals surface area (Å²) in [4.78, 5) is 19.2. The number of primary amides is 1. The van der Waals surface area contributed by atoms with Crippen LogP contribution in [-0.4, -0.2) is 17.5 Å². The normalized spacial score (nSPS) is 10.2. The minimum atomic E-state index is -0.498. The lowest BCUT2D eigenvalue weighted by molar-refractivity contribution is -0.125. The Morgan fingerprint density at radius 1 is 1.85 bits per heavy atom. The van der Waals surface area contributed by atoms with Crippen molar-refractivity contribution in [2.45, 2.75) is 13.5 Å². The van der Waals surface area contributed by atoms with E-state index in [0.717, 1.165) is 10.7 Å². The predicted molar refractivity (Wildman–Crippen MR) is 48.8 cm³/mol. The maximum Gasteiger partial charge on any atom is 0.245 e. The molecule has 1 heterocycles. The number of hydrogen-bond donors (Lipinski definition) is 2. The molecular weight excluding hydrogens is 190 g/mol. The third kappa shape index (κ3) is 3.97. The second-order valence-corrected chi connectivity index (χ2v) is 3.50. The van der Waals surface area contributed by atoms with Gasteiger partial charge in [0.1, 0.15) is 6.61 Å². The summed E-state index contributed by atoms with van der Waals surface area (Å²) < 4.78 is 0. The molecule has 0 spiro atoms. The first-order chi connectivity index (χ1) is 6.18. The van der Waals surface area contributed by atoms with Gasteiger partial charge in [0.25, 0.3) is 0 Å². The third-order valence-corrected chi connectivity index (χ3v) is 2.06. The van der Waals surface area contributed by atoms with Crippen LogP contribution in [-0.2, 0) is 16.2 Å². The van der Waals surface area contributed by atoms with Crippen LogP contribution in [0.25, 0.3) is 0 Å². The Balaban J connectivity index is 2.16. The van der Waals surface area contributed by atoms with E-state index in [4.69, 9.17) is 10.6 Å². The van der Waals surface area contributed by atoms with Crippen LogP contribution in [0.1, 0.15) is 10.7 Å². The number of carbonyl (C=O) groups is 1. The molecule has 0 aromatic carbocycles. The van der Waals surface area contributed by atoms with E-state index in [9.17, 15) is 4.79 Å². The molecule has 1 aromatic rings. The van der Waals surface area contributed by atoms with Crippen molar-refractivity contribution in [3.63, 3.8) is 0 Å². The minimum absolute atomic E-state index is 0.122. The molecule has 0 saturated heterocycles. The lowest BCUT2D eigenvalue weighted by Crippen LogP contribution is -2.24. The van der Waals surface area contributed by atoms with Gasteiger partial charge in [-0.1, -0.05) is 0 Å². The molecule has 0 saturated carbocycles. The van der Waals surface area contributed by atoms with Gasteiger partial charge in [-0.05, 0) is 6.92 Å². The molecule has 72 valence electrons. The summed E-state index contributed by atoms with van der Waals surface area (Å²) in [5, 5.41) is 2.93. The van der Waals surface area contributed by atoms with Crippen LogP contribution in [0, 0.1) is 6.92 Å². The molecule has 5 nitrogen and oxygen atoms in total. The summed E-state index contributed by atoms with van der Waals surface area (Å²) in [7, 11) is 0. The molecule has 0 aliphatic heterocycles. The molecule has 0 fully saturated rings. The maximum absolute atomic E-state index is 10.3. The largest absolute Gasteiger partial charge is 0.368 e. The Kier molecular flexibility index (Phi) is 3.81. The number of aromatic nitrogens is 1. The quantitative estimate of drug-likeness (QED) is 0.517. The molecule has 3 N–H and O–H groups in total. The Morgan fingerprint density at radius 3 is 3.15 bits per heavy atom. The first kappa shape index (κ1) is 10.1. The molecule has 6 heteroatoms. The van der Waals surface area contributed by atoms with Crippen LogP contribution in [0.4, 0.5) is 0 Å². The second kappa shape index (κ2) is 4.90. The average Bonchev–Trinajstić information content (AvgIpc) is 2.45. The zero-order valence-corrected chi connectivity index (χ0v) is 8.06. The average molecular weight is 201 g/mol. The number of nitrogens with two attached hydrogens (primary N) is 1. The van der Waals surface area contributed by atoms with E-state index in [-0.39, 0.29) is 6.61 Å². The van der Waals surface area contributed by atoms with Gasteiger partial charge in [-0.25, -0.2) is 4.98 Å². The fraction of sp³-hybridized carbons (Fsp3) is 0.429. The van der Waals surface area contributed by atoms with Crippen molar-refractivity contribution in [2.24, 2.45) is 5.73 Å². The fourth-order valence-electron chi connectivity index (χ4n) is 0.737. The number of thiazole rings is 1. The van der Waals surface area contributed by atoms with Gasteiger partial charge in [-0.3, -0.25) is 9.63 Å². The monoisotopic (exact) mass is 201 g/mol. The number of nitrogens with zero attached hydrogens (tertiary/aromatic N) is 1. The van der Waals surface area contributed by atoms with Crippen LogP contribution >= 0.6 is 11.3 Å². The van der Waals surface area contributed by atoms with Crippen molar-refractivity contribution in [3.8, 4) is 0 Å². The molecule has 13 heavy (non-hydrogen) atoms. The highest BCUT2D eigenvalue weighted by Crippen LogP contribution is 2.06. The van der Waals surface area contributed by atoms with Gasteiger partial charge < -0.3 is 5.73 Å². The number of hydrogen-bond acceptors (Lipinski definition) is 5. The molecule has 0 aliphatic carbocycles. The van der Waals surface area contributed by atoms with E-state index in [1.807, 2.05) is 12.3 Å². The summed E-state index contributed by atoms with van der Waals surface area (Å²) >= 11 is 1.57. The van der Waals surface area contributed by atoms with Crippen molar-refractivity contribution < 1.29 is 9.63 Å². The SMILES string of the molecule is Cc1nc(CNOCC(N)=O)cs1. The molecule has 0 bridgehead atoms. The molecule has 0 atom stereocenters. The van der Waals surface area contributed by atoms with Gasteiger partial charge in [0, 0.05) is 5.38 Å². The van der Waals surface area contributed by atoms with Crippen LogP contribution in [0.2, 0.25) is 0 Å². The van der Waals surface area contributed by atoms with Crippen molar-refractivity contribution >= 4 is 17.2 Å². The Hall–Kier alpha value is -0.980. The lowest BCUT2D eigenvalue weighted by Gasteiger charge is -2.00. The van der Waals surface area contributed by atoms with E-state index < -0.39 is 5.91 Å². The standard InChI is InChI=1S/C7H11N3O2S/c1-5-10-6(4-13-5)2-9-12-3-7(8)11/h4,9H,2-3H2,1H3,(H2,8,11). The number of rotatable bonds is 5. The van der Waals surface area contributed by atoms with E-state index in [1.165, 1.54) is 0 Å². The van der Waals surface area contributed by atoms with Gasteiger partial charge in [0.05, 0.1) is 17.2 Å². The molecular formula is C7H11N3O2S. The van der Waals surface area contributed by atoms with Crippen LogP contribution in [0.15, 0.2) is 5.38 Å². The van der Waals surface area contributed by atoms with Gasteiger partial charge in [0.15, 0.2) is 0 Å². The molecule has 1 rings (SSSR count). The van der Waals surface area contributed by atoms with Crippen molar-refractivity contribution in [2.75, 3.05) is 6.61 Å². The molecule has 1 aromatic heterocycles. The summed E-state index contributed by atoms with van der Waals surface area (Å²) in [6.07, 6.45) is 0. The number of carbonyl (C=O) groups excluding carboxylic acids is 1. The van der Waals surface area contributed by atoms with E-state index in [0.29, 0.717) is 6.54 Å². The Labute approximate surface area is 79.9 Å². The Bertz CT molecular complexity index is 287. The fourth-order valence-corrected chi connectivity index (χ4v) is 1.35. The summed E-state index contributed by atoms with van der Waals surface area (Å²) in [6, 6.07) is 0. The molecule has 0 aliphatic rings. The van der Waals surface area contributed by atoms with Gasteiger partial charge in [0.2, 0.25) is 5.91 Å². The van der Waals surface area contributed by atoms with Crippen LogP contribution in [0.5, 0.6) is 0 Å². The first-order valence-electron chi connectivity index (χ1n) is 3.72. The zero-order chi connectivity index (χ0) is 9.68. The van der Waals surface area contributed by atoms with E-state index in [2.05, 4.69) is 10.5 Å². The van der Waals surface area contributed by atoms with Crippen molar-refractivity contribution in [1.82, 2.24) is 10.5 Å². The highest BCUT2D eigenvalue weighted by molar-refractivity contribution is 7.09. The summed E-state index contributed by atoms with van der Waals surface area (Å²) in [5.74, 6) is -0.498. The minimum Gasteiger partial charge on any atom is -0.368 e. The van der Waals surface area contributed by atoms with Crippen LogP contribution in [0.3, 0.4) is 0 Å².